The first-order chi connectivity index (χ1) is 11.4. The second-order valence-corrected chi connectivity index (χ2v) is 6.52. The van der Waals surface area contributed by atoms with Crippen molar-refractivity contribution < 1.29 is 17.9 Å². The van der Waals surface area contributed by atoms with Gasteiger partial charge in [0.2, 0.25) is 0 Å². The first kappa shape index (κ1) is 17.5. The maximum Gasteiger partial charge on any atom is 0.266 e. The van der Waals surface area contributed by atoms with Crippen LogP contribution in [0.1, 0.15) is 15.9 Å². The topological polar surface area (TPSA) is 84.5 Å². The molecule has 2 rings (SSSR count). The highest BCUT2D eigenvalue weighted by Gasteiger charge is 2.16. The van der Waals surface area contributed by atoms with Gasteiger partial charge in [0.05, 0.1) is 4.90 Å². The minimum atomic E-state index is -3.84. The van der Waals surface area contributed by atoms with Crippen LogP contribution in [0.15, 0.2) is 53.4 Å². The Hall–Kier alpha value is -2.82. The number of carbonyl (C=O) groups is 1. The van der Waals surface area contributed by atoms with Crippen molar-refractivity contribution in [3.63, 3.8) is 0 Å². The van der Waals surface area contributed by atoms with E-state index in [-0.39, 0.29) is 17.1 Å². The van der Waals surface area contributed by atoms with Gasteiger partial charge in [-0.05, 0) is 36.8 Å². The first-order valence-electron chi connectivity index (χ1n) is 6.98. The van der Waals surface area contributed by atoms with E-state index in [1.54, 1.807) is 37.3 Å². The molecule has 2 N–H and O–H groups in total. The van der Waals surface area contributed by atoms with E-state index >= 15 is 0 Å². The second kappa shape index (κ2) is 7.64. The molecule has 0 saturated carbocycles. The molecule has 7 heteroatoms. The fourth-order valence-electron chi connectivity index (χ4n) is 1.90. The number of nitrogens with one attached hydrogen (secondary N) is 2. The molecular weight excluding hydrogens is 328 g/mol. The number of carbonyl (C=O) groups excluding carboxylic acids is 1. The number of hydrazine groups is 1. The lowest BCUT2D eigenvalue weighted by Gasteiger charge is -2.11. The van der Waals surface area contributed by atoms with Crippen molar-refractivity contribution >= 4 is 15.9 Å². The summed E-state index contributed by atoms with van der Waals surface area (Å²) in [5.74, 6) is 2.15. The van der Waals surface area contributed by atoms with Crippen molar-refractivity contribution in [2.75, 3.05) is 6.61 Å². The van der Waals surface area contributed by atoms with Crippen LogP contribution in [-0.2, 0) is 10.0 Å². The molecule has 0 aliphatic carbocycles. The Labute approximate surface area is 140 Å². The summed E-state index contributed by atoms with van der Waals surface area (Å²) in [6.07, 6.45) is 5.12. The van der Waals surface area contributed by atoms with Crippen molar-refractivity contribution in [3.05, 3.63) is 59.7 Å². The monoisotopic (exact) mass is 344 g/mol. The molecule has 0 aliphatic heterocycles. The number of rotatable bonds is 6. The quantitative estimate of drug-likeness (QED) is 0.616. The van der Waals surface area contributed by atoms with Crippen molar-refractivity contribution in [1.82, 2.24) is 10.3 Å². The van der Waals surface area contributed by atoms with Gasteiger partial charge in [-0.25, -0.2) is 8.42 Å². The molecule has 1 amide bonds. The fourth-order valence-corrected chi connectivity index (χ4v) is 2.76. The van der Waals surface area contributed by atoms with E-state index in [1.807, 2.05) is 0 Å². The van der Waals surface area contributed by atoms with Gasteiger partial charge < -0.3 is 4.74 Å². The molecule has 0 aliphatic rings. The van der Waals surface area contributed by atoms with Gasteiger partial charge in [0.15, 0.2) is 0 Å². The Morgan fingerprint density at radius 1 is 1.21 bits per heavy atom. The third-order valence-electron chi connectivity index (χ3n) is 3.13. The predicted molar refractivity (Wildman–Crippen MR) is 89.7 cm³/mol. The summed E-state index contributed by atoms with van der Waals surface area (Å²) in [4.78, 5) is 14.3. The van der Waals surface area contributed by atoms with E-state index in [4.69, 9.17) is 11.2 Å². The lowest BCUT2D eigenvalue weighted by atomic mass is 10.1. The smallest absolute Gasteiger partial charge is 0.266 e. The number of hydrogen-bond acceptors (Lipinski definition) is 4. The third kappa shape index (κ3) is 4.35. The summed E-state index contributed by atoms with van der Waals surface area (Å²) in [7, 11) is -3.84. The molecule has 0 atom stereocenters. The summed E-state index contributed by atoms with van der Waals surface area (Å²) in [6, 6.07) is 12.6. The van der Waals surface area contributed by atoms with E-state index in [1.165, 1.54) is 18.2 Å². The van der Waals surface area contributed by atoms with E-state index in [0.717, 1.165) is 0 Å². The number of ether oxygens (including phenoxy) is 1. The highest BCUT2D eigenvalue weighted by molar-refractivity contribution is 7.89. The fraction of sp³-hybridized carbons (Fsp3) is 0.118. The summed E-state index contributed by atoms with van der Waals surface area (Å²) in [5, 5.41) is 0. The number of hydrogen-bond donors (Lipinski definition) is 2. The number of amides is 1. The SMILES string of the molecule is C#CCOc1ccc(C)c(C(=O)NNS(=O)(=O)c2ccccc2)c1. The second-order valence-electron chi connectivity index (χ2n) is 4.84. The zero-order chi connectivity index (χ0) is 17.6. The summed E-state index contributed by atoms with van der Waals surface area (Å²) in [5.41, 5.74) is 3.13. The average Bonchev–Trinajstić information content (AvgIpc) is 2.60. The Morgan fingerprint density at radius 3 is 2.58 bits per heavy atom. The molecule has 0 fully saturated rings. The molecule has 0 aromatic heterocycles. The molecule has 0 saturated heterocycles. The molecule has 0 heterocycles. The highest BCUT2D eigenvalue weighted by atomic mass is 32.2. The van der Waals surface area contributed by atoms with Crippen molar-refractivity contribution in [2.45, 2.75) is 11.8 Å². The van der Waals surface area contributed by atoms with Crippen molar-refractivity contribution in [1.29, 1.82) is 0 Å². The molecule has 124 valence electrons. The highest BCUT2D eigenvalue weighted by Crippen LogP contribution is 2.17. The van der Waals surface area contributed by atoms with Crippen LogP contribution in [0.2, 0.25) is 0 Å². The predicted octanol–water partition coefficient (Wildman–Crippen LogP) is 1.63. The minimum Gasteiger partial charge on any atom is -0.481 e. The minimum absolute atomic E-state index is 0.0492. The number of benzene rings is 2. The summed E-state index contributed by atoms with van der Waals surface area (Å²) >= 11 is 0. The molecule has 6 nitrogen and oxygen atoms in total. The molecule has 2 aromatic carbocycles. The molecule has 0 unspecified atom stereocenters. The van der Waals surface area contributed by atoms with E-state index < -0.39 is 15.9 Å². The van der Waals surface area contributed by atoms with Crippen molar-refractivity contribution in [2.24, 2.45) is 0 Å². The van der Waals surface area contributed by atoms with Crippen LogP contribution < -0.4 is 15.0 Å². The van der Waals surface area contributed by atoms with E-state index in [9.17, 15) is 13.2 Å². The number of aryl methyl sites for hydroxylation is 1. The van der Waals surface area contributed by atoms with Gasteiger partial charge in [-0.1, -0.05) is 30.2 Å². The lowest BCUT2D eigenvalue weighted by Crippen LogP contribution is -2.41. The van der Waals surface area contributed by atoms with Gasteiger partial charge in [-0.15, -0.1) is 11.3 Å². The van der Waals surface area contributed by atoms with Crippen LogP contribution in [0, 0.1) is 19.3 Å². The van der Waals surface area contributed by atoms with Gasteiger partial charge >= 0.3 is 0 Å². The molecule has 0 bridgehead atoms. The van der Waals surface area contributed by atoms with E-state index in [2.05, 4.69) is 16.2 Å². The average molecular weight is 344 g/mol. The Balaban J connectivity index is 2.11. The van der Waals surface area contributed by atoms with Crippen LogP contribution >= 0.6 is 0 Å². The molecule has 0 spiro atoms. The zero-order valence-electron chi connectivity index (χ0n) is 12.9. The number of terminal acetylenes is 1. The standard InChI is InChI=1S/C17H16N2O4S/c1-3-11-23-14-10-9-13(2)16(12-14)17(20)18-19-24(21,22)15-7-5-4-6-8-15/h1,4-10,12,19H,11H2,2H3,(H,18,20). The molecular formula is C17H16N2O4S. The largest absolute Gasteiger partial charge is 0.481 e. The van der Waals surface area contributed by atoms with Crippen molar-refractivity contribution in [3.8, 4) is 18.1 Å². The molecule has 2 aromatic rings. The van der Waals surface area contributed by atoms with Gasteiger partial charge in [-0.2, -0.15) is 0 Å². The number of sulfonamides is 1. The van der Waals surface area contributed by atoms with Crippen LogP contribution in [0.5, 0.6) is 5.75 Å². The maximum atomic E-state index is 12.2. The third-order valence-corrected chi connectivity index (χ3v) is 4.39. The normalized spacial score (nSPS) is 10.7. The Kier molecular flexibility index (Phi) is 5.58. The van der Waals surface area contributed by atoms with Gasteiger partial charge in [0.1, 0.15) is 12.4 Å². The van der Waals surface area contributed by atoms with Gasteiger partial charge in [0.25, 0.3) is 15.9 Å². The molecule has 24 heavy (non-hydrogen) atoms. The van der Waals surface area contributed by atoms with E-state index in [0.29, 0.717) is 11.3 Å². The lowest BCUT2D eigenvalue weighted by molar-refractivity contribution is 0.0944. The van der Waals surface area contributed by atoms with Crippen LogP contribution in [0.4, 0.5) is 0 Å². The zero-order valence-corrected chi connectivity index (χ0v) is 13.8. The van der Waals surface area contributed by atoms with Crippen LogP contribution in [0.3, 0.4) is 0 Å². The molecule has 0 radical (unpaired) electrons. The summed E-state index contributed by atoms with van der Waals surface area (Å²) in [6.45, 7) is 1.80. The van der Waals surface area contributed by atoms with Crippen LogP contribution in [0.25, 0.3) is 0 Å². The Bertz CT molecular complexity index is 871. The maximum absolute atomic E-state index is 12.2. The summed E-state index contributed by atoms with van der Waals surface area (Å²) < 4.78 is 29.4. The van der Waals surface area contributed by atoms with Gasteiger partial charge in [0, 0.05) is 5.56 Å². The Morgan fingerprint density at radius 2 is 1.92 bits per heavy atom. The van der Waals surface area contributed by atoms with Crippen LogP contribution in [-0.4, -0.2) is 20.9 Å². The van der Waals surface area contributed by atoms with Gasteiger partial charge in [-0.3, -0.25) is 10.2 Å². The first-order valence-corrected chi connectivity index (χ1v) is 8.46.